The number of carbonyl (C=O) groups excluding carboxylic acids is 2. The Bertz CT molecular complexity index is 820. The van der Waals surface area contributed by atoms with E-state index in [2.05, 4.69) is 0 Å². The van der Waals surface area contributed by atoms with E-state index in [0.717, 1.165) is 6.54 Å². The third-order valence-electron chi connectivity index (χ3n) is 5.06. The molecule has 162 valence electrons. The highest BCUT2D eigenvalue weighted by Crippen LogP contribution is 2.16. The van der Waals surface area contributed by atoms with Gasteiger partial charge in [0.25, 0.3) is 11.8 Å². The van der Waals surface area contributed by atoms with Crippen molar-refractivity contribution in [1.29, 1.82) is 0 Å². The number of amides is 2. The number of ether oxygens (including phenoxy) is 2. The van der Waals surface area contributed by atoms with Crippen molar-refractivity contribution >= 4 is 11.8 Å². The summed E-state index contributed by atoms with van der Waals surface area (Å²) in [5.41, 5.74) is 1.12. The zero-order chi connectivity index (χ0) is 21.5. The molecule has 0 N–H and O–H groups in total. The predicted molar refractivity (Wildman–Crippen MR) is 112 cm³/mol. The molecular weight excluding hydrogens is 386 g/mol. The lowest BCUT2D eigenvalue weighted by Crippen LogP contribution is -2.51. The molecule has 8 heteroatoms. The molecule has 3 rings (SSSR count). The molecule has 1 fully saturated rings. The first-order chi connectivity index (χ1) is 14.5. The molecule has 8 nitrogen and oxygen atoms in total. The fourth-order valence-electron chi connectivity index (χ4n) is 3.34. The van der Waals surface area contributed by atoms with Gasteiger partial charge in [0, 0.05) is 38.3 Å². The van der Waals surface area contributed by atoms with Gasteiger partial charge in [-0.1, -0.05) is 0 Å². The number of methoxy groups -OCH3 is 1. The molecule has 0 bridgehead atoms. The number of morpholine rings is 1. The monoisotopic (exact) mass is 415 g/mol. The fourth-order valence-corrected chi connectivity index (χ4v) is 3.34. The largest absolute Gasteiger partial charge is 0.497 e. The highest BCUT2D eigenvalue weighted by atomic mass is 16.5. The second-order valence-electron chi connectivity index (χ2n) is 7.54. The maximum absolute atomic E-state index is 13.2. The van der Waals surface area contributed by atoms with E-state index >= 15 is 0 Å². The molecule has 0 spiro atoms. The Hall–Kier alpha value is -2.84. The smallest absolute Gasteiger partial charge is 0.257 e. The Labute approximate surface area is 176 Å². The van der Waals surface area contributed by atoms with Gasteiger partial charge in [-0.2, -0.15) is 0 Å². The van der Waals surface area contributed by atoms with Gasteiger partial charge in [0.2, 0.25) is 0 Å². The second kappa shape index (κ2) is 10.3. The van der Waals surface area contributed by atoms with Gasteiger partial charge in [0.1, 0.15) is 12.0 Å². The van der Waals surface area contributed by atoms with Crippen LogP contribution in [-0.2, 0) is 4.74 Å². The Kier molecular flexibility index (Phi) is 7.48. The molecule has 1 aliphatic rings. The van der Waals surface area contributed by atoms with Crippen molar-refractivity contribution in [3.63, 3.8) is 0 Å². The van der Waals surface area contributed by atoms with Crippen molar-refractivity contribution in [2.45, 2.75) is 6.10 Å². The minimum atomic E-state index is -0.251. The number of nitrogens with zero attached hydrogens (tertiary/aromatic N) is 3. The summed E-state index contributed by atoms with van der Waals surface area (Å²) < 4.78 is 16.1. The molecule has 1 saturated heterocycles. The van der Waals surface area contributed by atoms with Crippen molar-refractivity contribution in [2.24, 2.45) is 0 Å². The molecule has 0 radical (unpaired) electrons. The van der Waals surface area contributed by atoms with E-state index < -0.39 is 0 Å². The number of rotatable bonds is 8. The van der Waals surface area contributed by atoms with E-state index in [1.807, 2.05) is 19.0 Å². The van der Waals surface area contributed by atoms with Crippen LogP contribution in [0.5, 0.6) is 5.75 Å². The Morgan fingerprint density at radius 2 is 1.90 bits per heavy atom. The molecule has 0 aliphatic carbocycles. The van der Waals surface area contributed by atoms with E-state index in [4.69, 9.17) is 13.9 Å². The maximum atomic E-state index is 13.2. The lowest BCUT2D eigenvalue weighted by molar-refractivity contribution is -0.0334. The highest BCUT2D eigenvalue weighted by Gasteiger charge is 2.28. The molecular formula is C22H29N3O5. The van der Waals surface area contributed by atoms with Gasteiger partial charge in [0.05, 0.1) is 31.6 Å². The second-order valence-corrected chi connectivity index (χ2v) is 7.54. The van der Waals surface area contributed by atoms with Gasteiger partial charge in [-0.3, -0.25) is 9.59 Å². The summed E-state index contributed by atoms with van der Waals surface area (Å²) >= 11 is 0. The first-order valence-corrected chi connectivity index (χ1v) is 9.99. The van der Waals surface area contributed by atoms with Crippen LogP contribution in [0.1, 0.15) is 20.7 Å². The van der Waals surface area contributed by atoms with Crippen LogP contribution in [0, 0.1) is 0 Å². The van der Waals surface area contributed by atoms with Crippen LogP contribution in [0.15, 0.2) is 47.3 Å². The van der Waals surface area contributed by atoms with Gasteiger partial charge in [-0.15, -0.1) is 0 Å². The molecule has 1 aromatic carbocycles. The van der Waals surface area contributed by atoms with Gasteiger partial charge in [-0.05, 0) is 44.4 Å². The van der Waals surface area contributed by atoms with Crippen molar-refractivity contribution < 1.29 is 23.5 Å². The number of furan rings is 1. The van der Waals surface area contributed by atoms with E-state index in [1.165, 1.54) is 12.5 Å². The number of hydrogen-bond donors (Lipinski definition) is 0. The molecule has 1 unspecified atom stereocenters. The SMILES string of the molecule is COc1ccc(C(=O)N(CCN(C)C)CC2CN(C(=O)c3ccoc3)CCO2)cc1. The van der Waals surface area contributed by atoms with Crippen LogP contribution in [0.3, 0.4) is 0 Å². The first-order valence-electron chi connectivity index (χ1n) is 9.99. The van der Waals surface area contributed by atoms with Crippen LogP contribution in [0.4, 0.5) is 0 Å². The normalized spacial score (nSPS) is 16.5. The standard InChI is InChI=1S/C22H29N3O5/c1-23(2)9-10-24(21(26)17-4-6-19(28-3)7-5-17)14-20-15-25(11-13-30-20)22(27)18-8-12-29-16-18/h4-8,12,16,20H,9-11,13-15H2,1-3H3. The van der Waals surface area contributed by atoms with Crippen molar-refractivity contribution in [3.8, 4) is 5.75 Å². The van der Waals surface area contributed by atoms with Crippen LogP contribution in [0.25, 0.3) is 0 Å². The number of carbonyl (C=O) groups is 2. The fraction of sp³-hybridized carbons (Fsp3) is 0.455. The lowest BCUT2D eigenvalue weighted by Gasteiger charge is -2.36. The molecule has 1 atom stereocenters. The average molecular weight is 415 g/mol. The van der Waals surface area contributed by atoms with Crippen LogP contribution < -0.4 is 4.74 Å². The Morgan fingerprint density at radius 3 is 2.53 bits per heavy atom. The quantitative estimate of drug-likeness (QED) is 0.655. The van der Waals surface area contributed by atoms with Crippen LogP contribution >= 0.6 is 0 Å². The van der Waals surface area contributed by atoms with E-state index in [-0.39, 0.29) is 17.9 Å². The van der Waals surface area contributed by atoms with Gasteiger partial charge < -0.3 is 28.6 Å². The van der Waals surface area contributed by atoms with Crippen molar-refractivity contribution in [2.75, 3.05) is 60.5 Å². The van der Waals surface area contributed by atoms with Gasteiger partial charge in [0.15, 0.2) is 0 Å². The first kappa shape index (κ1) is 21.9. The number of likely N-dealkylation sites (N-methyl/N-ethyl adjacent to an activating group) is 1. The lowest BCUT2D eigenvalue weighted by atomic mass is 10.1. The van der Waals surface area contributed by atoms with Crippen LogP contribution in [-0.4, -0.2) is 93.2 Å². The zero-order valence-corrected chi connectivity index (χ0v) is 17.7. The Balaban J connectivity index is 1.68. The van der Waals surface area contributed by atoms with Gasteiger partial charge >= 0.3 is 0 Å². The molecule has 1 aliphatic heterocycles. The topological polar surface area (TPSA) is 75.5 Å². The minimum absolute atomic E-state index is 0.0682. The molecule has 2 amide bonds. The van der Waals surface area contributed by atoms with Crippen molar-refractivity contribution in [1.82, 2.24) is 14.7 Å². The number of hydrogen-bond acceptors (Lipinski definition) is 6. The molecule has 2 heterocycles. The van der Waals surface area contributed by atoms with E-state index in [0.29, 0.717) is 49.7 Å². The summed E-state index contributed by atoms with van der Waals surface area (Å²) in [6.45, 7) is 3.09. The van der Waals surface area contributed by atoms with Gasteiger partial charge in [-0.25, -0.2) is 0 Å². The average Bonchev–Trinajstić information content (AvgIpc) is 3.30. The zero-order valence-electron chi connectivity index (χ0n) is 17.7. The maximum Gasteiger partial charge on any atom is 0.257 e. The predicted octanol–water partition coefficient (Wildman–Crippen LogP) is 1.83. The van der Waals surface area contributed by atoms with Crippen molar-refractivity contribution in [3.05, 3.63) is 54.0 Å². The third-order valence-corrected chi connectivity index (χ3v) is 5.06. The summed E-state index contributed by atoms with van der Waals surface area (Å²) in [7, 11) is 5.54. The summed E-state index contributed by atoms with van der Waals surface area (Å²) in [6, 6.07) is 8.74. The molecule has 0 saturated carbocycles. The van der Waals surface area contributed by atoms with Crippen LogP contribution in [0.2, 0.25) is 0 Å². The molecule has 2 aromatic rings. The number of benzene rings is 1. The summed E-state index contributed by atoms with van der Waals surface area (Å²) in [4.78, 5) is 31.4. The van der Waals surface area contributed by atoms with E-state index in [9.17, 15) is 9.59 Å². The van der Waals surface area contributed by atoms with E-state index in [1.54, 1.807) is 47.2 Å². The summed E-state index contributed by atoms with van der Waals surface area (Å²) in [5, 5.41) is 0. The third kappa shape index (κ3) is 5.61. The molecule has 1 aromatic heterocycles. The Morgan fingerprint density at radius 1 is 1.13 bits per heavy atom. The molecule has 30 heavy (non-hydrogen) atoms. The minimum Gasteiger partial charge on any atom is -0.497 e. The highest BCUT2D eigenvalue weighted by molar-refractivity contribution is 5.95. The summed E-state index contributed by atoms with van der Waals surface area (Å²) in [6.07, 6.45) is 2.68. The summed E-state index contributed by atoms with van der Waals surface area (Å²) in [5.74, 6) is 0.551.